The van der Waals surface area contributed by atoms with Gasteiger partial charge in [0.1, 0.15) is 5.75 Å². The van der Waals surface area contributed by atoms with Gasteiger partial charge in [0.05, 0.1) is 17.6 Å². The van der Waals surface area contributed by atoms with Gasteiger partial charge in [0.2, 0.25) is 10.0 Å². The van der Waals surface area contributed by atoms with Crippen LogP contribution in [0.25, 0.3) is 11.3 Å². The van der Waals surface area contributed by atoms with Gasteiger partial charge in [-0.1, -0.05) is 0 Å². The standard InChI is InChI=1S/C14H15N3O4S2/c1-8-13(15-14(22-8)16-23(3,19)20)9-4-5-11-10(6-9)17(2)12(18)7-21-11/h4-6H,7H2,1-3H3,(H,15,16). The van der Waals surface area contributed by atoms with Crippen LogP contribution in [0.15, 0.2) is 18.2 Å². The van der Waals surface area contributed by atoms with Crippen molar-refractivity contribution in [2.24, 2.45) is 0 Å². The number of aryl methyl sites for hydroxylation is 1. The summed E-state index contributed by atoms with van der Waals surface area (Å²) in [5.74, 6) is 0.516. The van der Waals surface area contributed by atoms with Crippen LogP contribution in [-0.4, -0.2) is 39.2 Å². The SMILES string of the molecule is Cc1sc(NS(C)(=O)=O)nc1-c1ccc2c(c1)N(C)C(=O)CO2. The lowest BCUT2D eigenvalue weighted by molar-refractivity contribution is -0.120. The normalized spacial score (nSPS) is 14.4. The average molecular weight is 353 g/mol. The second-order valence-electron chi connectivity index (χ2n) is 5.22. The third-order valence-electron chi connectivity index (χ3n) is 3.39. The molecule has 0 aliphatic carbocycles. The Hall–Kier alpha value is -2.13. The fourth-order valence-corrected chi connectivity index (χ4v) is 3.96. The van der Waals surface area contributed by atoms with Crippen molar-refractivity contribution in [2.75, 3.05) is 29.5 Å². The molecule has 0 saturated heterocycles. The lowest BCUT2D eigenvalue weighted by Crippen LogP contribution is -2.35. The number of hydrogen-bond acceptors (Lipinski definition) is 6. The Labute approximate surface area is 138 Å². The van der Waals surface area contributed by atoms with Gasteiger partial charge in [-0.15, -0.1) is 11.3 Å². The molecule has 1 amide bonds. The van der Waals surface area contributed by atoms with Crippen LogP contribution in [0.1, 0.15) is 4.88 Å². The van der Waals surface area contributed by atoms with Crippen LogP contribution in [0.2, 0.25) is 0 Å². The number of thiazole rings is 1. The van der Waals surface area contributed by atoms with Gasteiger partial charge in [-0.3, -0.25) is 9.52 Å². The molecule has 122 valence electrons. The van der Waals surface area contributed by atoms with E-state index in [1.807, 2.05) is 19.1 Å². The number of aromatic nitrogens is 1. The average Bonchev–Trinajstić information content (AvgIpc) is 2.81. The Morgan fingerprint density at radius 3 is 2.83 bits per heavy atom. The molecule has 0 radical (unpaired) electrons. The first-order valence-corrected chi connectivity index (χ1v) is 9.44. The molecule has 3 rings (SSSR count). The second kappa shape index (κ2) is 5.50. The predicted molar refractivity (Wildman–Crippen MR) is 89.7 cm³/mol. The molecule has 0 spiro atoms. The van der Waals surface area contributed by atoms with Crippen LogP contribution in [0.4, 0.5) is 10.8 Å². The molecule has 9 heteroatoms. The number of likely N-dealkylation sites (N-methyl/N-ethyl adjacent to an activating group) is 1. The fraction of sp³-hybridized carbons (Fsp3) is 0.286. The minimum Gasteiger partial charge on any atom is -0.482 e. The quantitative estimate of drug-likeness (QED) is 0.910. The maximum absolute atomic E-state index is 11.7. The van der Waals surface area contributed by atoms with Crippen LogP contribution in [0.3, 0.4) is 0 Å². The van der Waals surface area contributed by atoms with Gasteiger partial charge in [0.15, 0.2) is 11.7 Å². The Balaban J connectivity index is 2.01. The number of rotatable bonds is 3. The molecule has 1 aromatic carbocycles. The van der Waals surface area contributed by atoms with E-state index in [0.29, 0.717) is 22.3 Å². The van der Waals surface area contributed by atoms with Crippen LogP contribution >= 0.6 is 11.3 Å². The molecule has 1 aromatic heterocycles. The number of nitrogens with zero attached hydrogens (tertiary/aromatic N) is 2. The largest absolute Gasteiger partial charge is 0.482 e. The van der Waals surface area contributed by atoms with E-state index in [0.717, 1.165) is 16.7 Å². The Kier molecular flexibility index (Phi) is 3.77. The number of sulfonamides is 1. The molecule has 7 nitrogen and oxygen atoms in total. The number of benzene rings is 1. The number of fused-ring (bicyclic) bond motifs is 1. The molecule has 23 heavy (non-hydrogen) atoms. The second-order valence-corrected chi connectivity index (χ2v) is 8.17. The van der Waals surface area contributed by atoms with Gasteiger partial charge < -0.3 is 9.64 Å². The highest BCUT2D eigenvalue weighted by molar-refractivity contribution is 7.92. The third-order valence-corrected chi connectivity index (χ3v) is 4.97. The van der Waals surface area contributed by atoms with Crippen LogP contribution in [0, 0.1) is 6.92 Å². The van der Waals surface area contributed by atoms with Gasteiger partial charge in [-0.25, -0.2) is 13.4 Å². The molecule has 1 aliphatic heterocycles. The maximum Gasteiger partial charge on any atom is 0.264 e. The molecule has 2 aromatic rings. The number of nitrogens with one attached hydrogen (secondary N) is 1. The van der Waals surface area contributed by atoms with Crippen molar-refractivity contribution in [2.45, 2.75) is 6.92 Å². The van der Waals surface area contributed by atoms with E-state index < -0.39 is 10.0 Å². The van der Waals surface area contributed by atoms with Crippen molar-refractivity contribution in [3.05, 3.63) is 23.1 Å². The monoisotopic (exact) mass is 353 g/mol. The first-order chi connectivity index (χ1) is 10.7. The minimum absolute atomic E-state index is 0.0288. The van der Waals surface area contributed by atoms with E-state index in [2.05, 4.69) is 9.71 Å². The van der Waals surface area contributed by atoms with Crippen LogP contribution < -0.4 is 14.4 Å². The number of anilines is 2. The Bertz CT molecular complexity index is 889. The molecule has 2 heterocycles. The highest BCUT2D eigenvalue weighted by atomic mass is 32.2. The summed E-state index contributed by atoms with van der Waals surface area (Å²) in [5.41, 5.74) is 2.14. The molecule has 0 unspecified atom stereocenters. The zero-order valence-corrected chi connectivity index (χ0v) is 14.4. The van der Waals surface area contributed by atoms with E-state index in [9.17, 15) is 13.2 Å². The minimum atomic E-state index is -3.37. The lowest BCUT2D eigenvalue weighted by atomic mass is 10.1. The fourth-order valence-electron chi connectivity index (χ4n) is 2.29. The summed E-state index contributed by atoms with van der Waals surface area (Å²) in [4.78, 5) is 18.5. The number of carbonyl (C=O) groups excluding carboxylic acids is 1. The van der Waals surface area contributed by atoms with E-state index in [4.69, 9.17) is 4.74 Å². The Morgan fingerprint density at radius 1 is 1.39 bits per heavy atom. The van der Waals surface area contributed by atoms with Gasteiger partial charge in [0, 0.05) is 17.5 Å². The van der Waals surface area contributed by atoms with E-state index in [-0.39, 0.29) is 12.5 Å². The molecule has 1 aliphatic rings. The van der Waals surface area contributed by atoms with Crippen molar-refractivity contribution in [3.8, 4) is 17.0 Å². The highest BCUT2D eigenvalue weighted by Crippen LogP contribution is 2.37. The molecule has 0 saturated carbocycles. The third kappa shape index (κ3) is 3.15. The molecule has 0 fully saturated rings. The van der Waals surface area contributed by atoms with Gasteiger partial charge >= 0.3 is 0 Å². The maximum atomic E-state index is 11.7. The summed E-state index contributed by atoms with van der Waals surface area (Å²) < 4.78 is 30.4. The van der Waals surface area contributed by atoms with Crippen LogP contribution in [0.5, 0.6) is 5.75 Å². The van der Waals surface area contributed by atoms with Gasteiger partial charge in [-0.05, 0) is 25.1 Å². The van der Waals surface area contributed by atoms with E-state index >= 15 is 0 Å². The first kappa shape index (κ1) is 15.8. The summed E-state index contributed by atoms with van der Waals surface area (Å²) in [6.07, 6.45) is 1.08. The van der Waals surface area contributed by atoms with E-state index in [1.165, 1.54) is 11.3 Å². The van der Waals surface area contributed by atoms with Crippen molar-refractivity contribution < 1.29 is 17.9 Å². The highest BCUT2D eigenvalue weighted by Gasteiger charge is 2.23. The topological polar surface area (TPSA) is 88.6 Å². The van der Waals surface area contributed by atoms with Crippen molar-refractivity contribution in [3.63, 3.8) is 0 Å². The first-order valence-electron chi connectivity index (χ1n) is 6.73. The molecular weight excluding hydrogens is 338 g/mol. The molecule has 0 atom stereocenters. The summed E-state index contributed by atoms with van der Waals surface area (Å²) in [6, 6.07) is 5.45. The molecular formula is C14H15N3O4S2. The number of carbonyl (C=O) groups is 1. The Morgan fingerprint density at radius 2 is 2.13 bits per heavy atom. The van der Waals surface area contributed by atoms with Crippen molar-refractivity contribution >= 4 is 38.1 Å². The summed E-state index contributed by atoms with van der Waals surface area (Å²) in [6.45, 7) is 1.90. The summed E-state index contributed by atoms with van der Waals surface area (Å²) in [7, 11) is -1.68. The van der Waals surface area contributed by atoms with Gasteiger partial charge in [-0.2, -0.15) is 0 Å². The zero-order chi connectivity index (χ0) is 16.8. The molecule has 0 bridgehead atoms. The van der Waals surface area contributed by atoms with Crippen LogP contribution in [-0.2, 0) is 14.8 Å². The smallest absolute Gasteiger partial charge is 0.264 e. The summed E-state index contributed by atoms with van der Waals surface area (Å²) in [5, 5.41) is 0.318. The van der Waals surface area contributed by atoms with E-state index in [1.54, 1.807) is 18.0 Å². The predicted octanol–water partition coefficient (Wildman–Crippen LogP) is 1.85. The number of hydrogen-bond donors (Lipinski definition) is 1. The van der Waals surface area contributed by atoms with Crippen molar-refractivity contribution in [1.82, 2.24) is 4.98 Å². The molecule has 1 N–H and O–H groups in total. The zero-order valence-electron chi connectivity index (χ0n) is 12.8. The number of amides is 1. The van der Waals surface area contributed by atoms with Gasteiger partial charge in [0.25, 0.3) is 5.91 Å². The number of ether oxygens (including phenoxy) is 1. The summed E-state index contributed by atoms with van der Waals surface area (Å²) >= 11 is 1.26. The lowest BCUT2D eigenvalue weighted by Gasteiger charge is -2.26. The van der Waals surface area contributed by atoms with Crippen molar-refractivity contribution in [1.29, 1.82) is 0 Å².